The van der Waals surface area contributed by atoms with Gasteiger partial charge in [-0.3, -0.25) is 4.79 Å². The second kappa shape index (κ2) is 16.9. The molecule has 0 aliphatic heterocycles. The number of phenols is 1. The number of carbonyl (C=O) groups excluding carboxylic acids is 2. The van der Waals surface area contributed by atoms with Crippen molar-refractivity contribution in [1.29, 1.82) is 0 Å². The van der Waals surface area contributed by atoms with Gasteiger partial charge in [0, 0.05) is 18.9 Å². The summed E-state index contributed by atoms with van der Waals surface area (Å²) < 4.78 is 4.99. The summed E-state index contributed by atoms with van der Waals surface area (Å²) in [6.07, 6.45) is 12.8. The van der Waals surface area contributed by atoms with E-state index >= 15 is 0 Å². The molecule has 0 aromatic heterocycles. The van der Waals surface area contributed by atoms with Gasteiger partial charge in [0.1, 0.15) is 11.8 Å². The second-order valence-corrected chi connectivity index (χ2v) is 16.7. The Bertz CT molecular complexity index is 1230. The summed E-state index contributed by atoms with van der Waals surface area (Å²) in [6, 6.07) is 6.47. The van der Waals surface area contributed by atoms with Crippen LogP contribution in [-0.2, 0) is 20.7 Å². The van der Waals surface area contributed by atoms with Crippen LogP contribution in [0.2, 0.25) is 0 Å². The molecular formula is C40H66N4O5. The van der Waals surface area contributed by atoms with Crippen LogP contribution in [-0.4, -0.2) is 73.6 Å². The molecule has 0 bridgehead atoms. The highest BCUT2D eigenvalue weighted by Gasteiger charge is 2.62. The summed E-state index contributed by atoms with van der Waals surface area (Å²) in [5.74, 6) is 2.57. The molecule has 4 aliphatic rings. The van der Waals surface area contributed by atoms with Gasteiger partial charge in [-0.05, 0) is 161 Å². The summed E-state index contributed by atoms with van der Waals surface area (Å²) in [4.78, 5) is 25.7. The fraction of sp³-hybridized carbons (Fsp3) is 0.800. The summed E-state index contributed by atoms with van der Waals surface area (Å²) in [5.41, 5.74) is 6.94. The smallest absolute Gasteiger partial charge is 0.328 e. The fourth-order valence-electron chi connectivity index (χ4n) is 11.3. The van der Waals surface area contributed by atoms with E-state index in [0.29, 0.717) is 59.8 Å². The lowest BCUT2D eigenvalue weighted by Gasteiger charge is -2.62. The number of ether oxygens (including phenoxy) is 1. The average molecular weight is 683 g/mol. The number of rotatable bonds is 16. The molecule has 11 atom stereocenters. The van der Waals surface area contributed by atoms with Crippen molar-refractivity contribution in [3.63, 3.8) is 0 Å². The highest BCUT2D eigenvalue weighted by molar-refractivity contribution is 5.84. The number of phenolic OH excluding ortho intramolecular Hbond substituents is 1. The zero-order valence-electron chi connectivity index (χ0n) is 30.7. The van der Waals surface area contributed by atoms with E-state index < -0.39 is 12.0 Å². The molecule has 5 rings (SSSR count). The van der Waals surface area contributed by atoms with Gasteiger partial charge < -0.3 is 36.6 Å². The van der Waals surface area contributed by atoms with E-state index in [1.165, 1.54) is 52.1 Å². The Hall–Kier alpha value is -2.20. The van der Waals surface area contributed by atoms with E-state index in [-0.39, 0.29) is 23.2 Å². The first-order valence-electron chi connectivity index (χ1n) is 19.5. The van der Waals surface area contributed by atoms with Crippen molar-refractivity contribution in [2.45, 2.75) is 122 Å². The van der Waals surface area contributed by atoms with Gasteiger partial charge in [-0.2, -0.15) is 0 Å². The molecule has 7 N–H and O–H groups in total. The van der Waals surface area contributed by atoms with Gasteiger partial charge in [-0.15, -0.1) is 0 Å². The van der Waals surface area contributed by atoms with Crippen LogP contribution >= 0.6 is 0 Å². The van der Waals surface area contributed by atoms with Gasteiger partial charge in [0.2, 0.25) is 5.91 Å². The van der Waals surface area contributed by atoms with Gasteiger partial charge in [-0.1, -0.05) is 32.9 Å². The normalized spacial score (nSPS) is 35.0. The van der Waals surface area contributed by atoms with E-state index in [1.807, 2.05) is 0 Å². The van der Waals surface area contributed by atoms with Crippen molar-refractivity contribution in [2.75, 3.05) is 33.3 Å². The number of esters is 1. The van der Waals surface area contributed by atoms with Crippen molar-refractivity contribution in [1.82, 2.24) is 16.0 Å². The molecule has 0 saturated heterocycles. The number of methoxy groups -OCH3 is 1. The maximum atomic E-state index is 13.1. The summed E-state index contributed by atoms with van der Waals surface area (Å²) >= 11 is 0. The van der Waals surface area contributed by atoms with Gasteiger partial charge in [0.05, 0.1) is 13.2 Å². The Morgan fingerprint density at radius 1 is 0.980 bits per heavy atom. The predicted octanol–water partition coefficient (Wildman–Crippen LogP) is 4.93. The molecule has 0 unspecified atom stereocenters. The largest absolute Gasteiger partial charge is 0.508 e. The Kier molecular flexibility index (Phi) is 13.1. The van der Waals surface area contributed by atoms with Gasteiger partial charge in [-0.25, -0.2) is 4.79 Å². The Labute approximate surface area is 295 Å². The number of aliphatic hydroxyl groups is 1. The molecule has 0 spiro atoms. The minimum atomic E-state index is -0.765. The zero-order chi connectivity index (χ0) is 35.2. The summed E-state index contributed by atoms with van der Waals surface area (Å²) in [7, 11) is 1.34. The van der Waals surface area contributed by atoms with Crippen LogP contribution in [0, 0.1) is 46.3 Å². The third-order valence-corrected chi connectivity index (χ3v) is 14.0. The van der Waals surface area contributed by atoms with Gasteiger partial charge in [0.25, 0.3) is 0 Å². The zero-order valence-corrected chi connectivity index (χ0v) is 30.7. The summed E-state index contributed by atoms with van der Waals surface area (Å²) in [5, 5.41) is 31.7. The molecule has 276 valence electrons. The van der Waals surface area contributed by atoms with Crippen LogP contribution in [0.15, 0.2) is 24.3 Å². The third-order valence-electron chi connectivity index (χ3n) is 14.0. The lowest BCUT2D eigenvalue weighted by Crippen LogP contribution is -2.59. The Morgan fingerprint density at radius 3 is 2.43 bits per heavy atom. The molecule has 0 radical (unpaired) electrons. The molecule has 1 amide bonds. The average Bonchev–Trinajstić information content (AvgIpc) is 3.44. The molecule has 1 aromatic carbocycles. The third kappa shape index (κ3) is 8.65. The number of hydrogen-bond acceptors (Lipinski definition) is 8. The molecule has 0 heterocycles. The number of hydrogen-bond donors (Lipinski definition) is 6. The van der Waals surface area contributed by atoms with Crippen LogP contribution in [0.5, 0.6) is 5.75 Å². The van der Waals surface area contributed by atoms with Gasteiger partial charge in [0.15, 0.2) is 0 Å². The number of benzene rings is 1. The minimum Gasteiger partial charge on any atom is -0.508 e. The first-order valence-corrected chi connectivity index (χ1v) is 19.5. The lowest BCUT2D eigenvalue weighted by atomic mass is 9.43. The Balaban J connectivity index is 1.13. The number of carbonyl (C=O) groups is 2. The highest BCUT2D eigenvalue weighted by atomic mass is 16.5. The predicted molar refractivity (Wildman–Crippen MR) is 194 cm³/mol. The van der Waals surface area contributed by atoms with Crippen molar-refractivity contribution < 1.29 is 24.5 Å². The number of aliphatic hydroxyl groups excluding tert-OH is 1. The number of amides is 1. The number of fused-ring (bicyclic) bond motifs is 5. The molecule has 9 heteroatoms. The maximum Gasteiger partial charge on any atom is 0.328 e. The van der Waals surface area contributed by atoms with Crippen LogP contribution in [0.25, 0.3) is 0 Å². The molecule has 4 fully saturated rings. The Morgan fingerprint density at radius 2 is 1.69 bits per heavy atom. The number of aromatic hydroxyl groups is 1. The summed E-state index contributed by atoms with van der Waals surface area (Å²) in [6.45, 7) is 11.2. The molecule has 4 saturated carbocycles. The molecule has 4 aliphatic carbocycles. The molecule has 49 heavy (non-hydrogen) atoms. The molecule has 1 aromatic rings. The minimum absolute atomic E-state index is 0.129. The molecule has 9 nitrogen and oxygen atoms in total. The van der Waals surface area contributed by atoms with E-state index in [1.54, 1.807) is 24.3 Å². The van der Waals surface area contributed by atoms with Crippen molar-refractivity contribution >= 4 is 11.9 Å². The SMILES string of the molecule is COC(=O)[C@H](Cc1ccc(O)cc1)NC(=O)CC[C@@H](C)[C@H]1CC[C@H]2[C@@H]3[C@H](O)C[C@@H]4C[C@@H](NCCCNCCCN)CC[C@]4(C)[C@H]3CC[C@]12C. The van der Waals surface area contributed by atoms with Crippen LogP contribution in [0.3, 0.4) is 0 Å². The number of nitrogens with two attached hydrogens (primary N) is 1. The van der Waals surface area contributed by atoms with E-state index in [0.717, 1.165) is 57.4 Å². The monoisotopic (exact) mass is 683 g/mol. The lowest BCUT2D eigenvalue weighted by molar-refractivity contribution is -0.167. The van der Waals surface area contributed by atoms with Crippen molar-refractivity contribution in [2.24, 2.45) is 52.1 Å². The first kappa shape index (κ1) is 38.0. The van der Waals surface area contributed by atoms with E-state index in [2.05, 4.69) is 36.7 Å². The van der Waals surface area contributed by atoms with Gasteiger partial charge >= 0.3 is 5.97 Å². The van der Waals surface area contributed by atoms with Crippen molar-refractivity contribution in [3.8, 4) is 5.75 Å². The van der Waals surface area contributed by atoms with Crippen molar-refractivity contribution in [3.05, 3.63) is 29.8 Å². The maximum absolute atomic E-state index is 13.1. The molecular weight excluding hydrogens is 616 g/mol. The highest BCUT2D eigenvalue weighted by Crippen LogP contribution is 2.68. The number of nitrogens with one attached hydrogen (secondary N) is 3. The van der Waals surface area contributed by atoms with Crippen LogP contribution < -0.4 is 21.7 Å². The topological polar surface area (TPSA) is 146 Å². The first-order chi connectivity index (χ1) is 23.5. The van der Waals surface area contributed by atoms with Crippen LogP contribution in [0.1, 0.15) is 103 Å². The quantitative estimate of drug-likeness (QED) is 0.106. The van der Waals surface area contributed by atoms with E-state index in [4.69, 9.17) is 10.5 Å². The fourth-order valence-corrected chi connectivity index (χ4v) is 11.3. The standard InChI is InChI=1S/C40H66N4O5/c1-26(7-14-36(47)44-34(38(48)49-4)23-27-8-10-30(45)11-9-27)31-12-13-32-37-33(16-18-40(31,32)3)39(2)17-15-29(24-28(39)25-35(37)46)43-22-6-21-42-20-5-19-41/h8-11,26,28-29,31-35,37,42-43,45-46H,5-7,12-25,41H2,1-4H3,(H,44,47)/t26-,28+,29+,31-,32+,33+,34+,35-,37+,39+,40-/m1/s1. The second-order valence-electron chi connectivity index (χ2n) is 16.7. The van der Waals surface area contributed by atoms with E-state index in [9.17, 15) is 19.8 Å². The van der Waals surface area contributed by atoms with Crippen LogP contribution in [0.4, 0.5) is 0 Å².